The lowest BCUT2D eigenvalue weighted by molar-refractivity contribution is 0.223. The molecule has 2 rings (SSSR count). The number of halogens is 1. The fraction of sp³-hybridized carbons (Fsp3) is 0.625. The maximum absolute atomic E-state index is 6.58. The van der Waals surface area contributed by atoms with Crippen molar-refractivity contribution in [1.82, 2.24) is 0 Å². The molecule has 100 valence electrons. The van der Waals surface area contributed by atoms with Gasteiger partial charge in [-0.2, -0.15) is 0 Å². The van der Waals surface area contributed by atoms with Crippen LogP contribution in [-0.4, -0.2) is 5.54 Å². The van der Waals surface area contributed by atoms with Crippen LogP contribution in [0.2, 0.25) is 0 Å². The van der Waals surface area contributed by atoms with E-state index in [-0.39, 0.29) is 5.54 Å². The van der Waals surface area contributed by atoms with Crippen molar-refractivity contribution < 1.29 is 0 Å². The molecule has 0 saturated heterocycles. The number of hydrogen-bond donors (Lipinski definition) is 1. The van der Waals surface area contributed by atoms with Gasteiger partial charge in [-0.25, -0.2) is 0 Å². The van der Waals surface area contributed by atoms with Crippen LogP contribution < -0.4 is 5.73 Å². The lowest BCUT2D eigenvalue weighted by Gasteiger charge is -2.37. The Morgan fingerprint density at radius 2 is 2.06 bits per heavy atom. The van der Waals surface area contributed by atoms with Gasteiger partial charge < -0.3 is 5.73 Å². The average molecular weight is 310 g/mol. The highest BCUT2D eigenvalue weighted by Crippen LogP contribution is 2.35. The Morgan fingerprint density at radius 1 is 1.33 bits per heavy atom. The van der Waals surface area contributed by atoms with Crippen molar-refractivity contribution in [1.29, 1.82) is 0 Å². The molecule has 0 unspecified atom stereocenters. The fourth-order valence-corrected chi connectivity index (χ4v) is 3.63. The van der Waals surface area contributed by atoms with Crippen molar-refractivity contribution >= 4 is 15.9 Å². The molecule has 1 aliphatic rings. The summed E-state index contributed by atoms with van der Waals surface area (Å²) in [5, 5.41) is 0. The molecular weight excluding hydrogens is 286 g/mol. The smallest absolute Gasteiger partial charge is 0.0195 e. The molecule has 18 heavy (non-hydrogen) atoms. The SMILES string of the molecule is CCCC1CCC(N)(Cc2cccc(Br)c2)CC1. The highest BCUT2D eigenvalue weighted by molar-refractivity contribution is 9.10. The molecular formula is C16H24BrN. The quantitative estimate of drug-likeness (QED) is 0.858. The van der Waals surface area contributed by atoms with Gasteiger partial charge in [0.05, 0.1) is 0 Å². The summed E-state index contributed by atoms with van der Waals surface area (Å²) in [6.45, 7) is 2.28. The van der Waals surface area contributed by atoms with E-state index in [1.807, 2.05) is 0 Å². The summed E-state index contributed by atoms with van der Waals surface area (Å²) >= 11 is 3.53. The van der Waals surface area contributed by atoms with Crippen LogP contribution in [0.1, 0.15) is 51.0 Å². The van der Waals surface area contributed by atoms with E-state index in [0.717, 1.165) is 16.8 Å². The molecule has 1 aliphatic carbocycles. The third-order valence-corrected chi connectivity index (χ3v) is 4.74. The second kappa shape index (κ2) is 6.21. The topological polar surface area (TPSA) is 26.0 Å². The van der Waals surface area contributed by atoms with Crippen molar-refractivity contribution in [2.24, 2.45) is 11.7 Å². The first kappa shape index (κ1) is 14.1. The number of benzene rings is 1. The zero-order valence-corrected chi connectivity index (χ0v) is 12.9. The first-order valence-electron chi connectivity index (χ1n) is 7.15. The van der Waals surface area contributed by atoms with Gasteiger partial charge in [0.25, 0.3) is 0 Å². The summed E-state index contributed by atoms with van der Waals surface area (Å²) in [5.74, 6) is 0.925. The molecule has 0 amide bonds. The predicted octanol–water partition coefficient (Wildman–Crippen LogP) is 4.68. The highest BCUT2D eigenvalue weighted by Gasteiger charge is 2.31. The normalized spacial score (nSPS) is 28.3. The highest BCUT2D eigenvalue weighted by atomic mass is 79.9. The number of nitrogens with two attached hydrogens (primary N) is 1. The van der Waals surface area contributed by atoms with Gasteiger partial charge in [-0.1, -0.05) is 47.8 Å². The molecule has 0 radical (unpaired) electrons. The van der Waals surface area contributed by atoms with Gasteiger partial charge in [0, 0.05) is 10.0 Å². The number of rotatable bonds is 4. The van der Waals surface area contributed by atoms with E-state index in [2.05, 4.69) is 47.1 Å². The van der Waals surface area contributed by atoms with E-state index in [9.17, 15) is 0 Å². The van der Waals surface area contributed by atoms with Crippen molar-refractivity contribution in [3.63, 3.8) is 0 Å². The fourth-order valence-electron chi connectivity index (χ4n) is 3.18. The first-order chi connectivity index (χ1) is 8.61. The summed E-state index contributed by atoms with van der Waals surface area (Å²) in [6, 6.07) is 8.57. The van der Waals surface area contributed by atoms with E-state index in [1.54, 1.807) is 0 Å². The average Bonchev–Trinajstić information content (AvgIpc) is 2.32. The van der Waals surface area contributed by atoms with Gasteiger partial charge >= 0.3 is 0 Å². The molecule has 1 aromatic rings. The Bertz CT molecular complexity index is 380. The molecule has 0 aliphatic heterocycles. The Hall–Kier alpha value is -0.340. The summed E-state index contributed by atoms with van der Waals surface area (Å²) in [6.07, 6.45) is 8.72. The van der Waals surface area contributed by atoms with Gasteiger partial charge in [0.1, 0.15) is 0 Å². The van der Waals surface area contributed by atoms with Gasteiger partial charge in [0.15, 0.2) is 0 Å². The van der Waals surface area contributed by atoms with Gasteiger partial charge in [-0.15, -0.1) is 0 Å². The zero-order valence-electron chi connectivity index (χ0n) is 11.3. The summed E-state index contributed by atoms with van der Waals surface area (Å²) in [4.78, 5) is 0. The van der Waals surface area contributed by atoms with Crippen molar-refractivity contribution in [3.05, 3.63) is 34.3 Å². The molecule has 1 nitrogen and oxygen atoms in total. The van der Waals surface area contributed by atoms with Crippen LogP contribution in [0.15, 0.2) is 28.7 Å². The van der Waals surface area contributed by atoms with E-state index in [1.165, 1.54) is 44.1 Å². The summed E-state index contributed by atoms with van der Waals surface area (Å²) in [5.41, 5.74) is 7.98. The van der Waals surface area contributed by atoms with E-state index < -0.39 is 0 Å². The molecule has 1 aromatic carbocycles. The molecule has 1 fully saturated rings. The molecule has 2 heteroatoms. The van der Waals surface area contributed by atoms with E-state index >= 15 is 0 Å². The standard InChI is InChI=1S/C16H24BrN/c1-2-4-13-7-9-16(18,10-8-13)12-14-5-3-6-15(17)11-14/h3,5-6,11,13H,2,4,7-10,12,18H2,1H3. The second-order valence-electron chi connectivity index (χ2n) is 5.90. The third-order valence-electron chi connectivity index (χ3n) is 4.24. The van der Waals surface area contributed by atoms with Crippen molar-refractivity contribution in [3.8, 4) is 0 Å². The minimum atomic E-state index is 0.0328. The van der Waals surface area contributed by atoms with Gasteiger partial charge in [0.2, 0.25) is 0 Å². The molecule has 0 heterocycles. The van der Waals surface area contributed by atoms with Crippen LogP contribution in [0.3, 0.4) is 0 Å². The van der Waals surface area contributed by atoms with Crippen LogP contribution in [0, 0.1) is 5.92 Å². The summed E-state index contributed by atoms with van der Waals surface area (Å²) < 4.78 is 1.16. The van der Waals surface area contributed by atoms with Crippen LogP contribution >= 0.6 is 15.9 Å². The lowest BCUT2D eigenvalue weighted by atomic mass is 9.73. The first-order valence-corrected chi connectivity index (χ1v) is 7.94. The zero-order chi connectivity index (χ0) is 13.0. The Morgan fingerprint density at radius 3 is 2.67 bits per heavy atom. The molecule has 0 atom stereocenters. The minimum Gasteiger partial charge on any atom is -0.325 e. The molecule has 0 aromatic heterocycles. The van der Waals surface area contributed by atoms with Crippen LogP contribution in [0.4, 0.5) is 0 Å². The molecule has 1 saturated carbocycles. The maximum Gasteiger partial charge on any atom is 0.0195 e. The van der Waals surface area contributed by atoms with Gasteiger partial charge in [-0.3, -0.25) is 0 Å². The number of hydrogen-bond acceptors (Lipinski definition) is 1. The summed E-state index contributed by atoms with van der Waals surface area (Å²) in [7, 11) is 0. The van der Waals surface area contributed by atoms with E-state index in [0.29, 0.717) is 0 Å². The van der Waals surface area contributed by atoms with Crippen LogP contribution in [-0.2, 0) is 6.42 Å². The Balaban J connectivity index is 1.93. The van der Waals surface area contributed by atoms with Gasteiger partial charge in [-0.05, 0) is 55.7 Å². The van der Waals surface area contributed by atoms with Crippen LogP contribution in [0.25, 0.3) is 0 Å². The second-order valence-corrected chi connectivity index (χ2v) is 6.82. The van der Waals surface area contributed by atoms with Crippen molar-refractivity contribution in [2.75, 3.05) is 0 Å². The maximum atomic E-state index is 6.58. The monoisotopic (exact) mass is 309 g/mol. The lowest BCUT2D eigenvalue weighted by Crippen LogP contribution is -2.45. The largest absolute Gasteiger partial charge is 0.325 e. The Labute approximate surface area is 119 Å². The van der Waals surface area contributed by atoms with Crippen molar-refractivity contribution in [2.45, 2.75) is 57.4 Å². The third kappa shape index (κ3) is 3.83. The Kier molecular flexibility index (Phi) is 4.85. The molecule has 0 bridgehead atoms. The van der Waals surface area contributed by atoms with Crippen LogP contribution in [0.5, 0.6) is 0 Å². The predicted molar refractivity (Wildman–Crippen MR) is 81.6 cm³/mol. The molecule has 0 spiro atoms. The van der Waals surface area contributed by atoms with E-state index in [4.69, 9.17) is 5.73 Å². The minimum absolute atomic E-state index is 0.0328. The molecule has 2 N–H and O–H groups in total.